The molecule has 1 N–H and O–H groups in total. The van der Waals surface area contributed by atoms with Gasteiger partial charge < -0.3 is 14.6 Å². The van der Waals surface area contributed by atoms with E-state index in [2.05, 4.69) is 29.6 Å². The molecule has 0 aliphatic carbocycles. The molecule has 0 unspecified atom stereocenters. The second-order valence-electron chi connectivity index (χ2n) is 7.35. The number of rotatable bonds is 4. The van der Waals surface area contributed by atoms with Crippen LogP contribution in [0.5, 0.6) is 0 Å². The summed E-state index contributed by atoms with van der Waals surface area (Å²) in [6, 6.07) is 12.3. The summed E-state index contributed by atoms with van der Waals surface area (Å²) in [6.45, 7) is 4.69. The number of nitrogens with one attached hydrogen (secondary N) is 1. The van der Waals surface area contributed by atoms with Crippen LogP contribution >= 0.6 is 12.4 Å². The molecule has 0 bridgehead atoms. The zero-order valence-corrected chi connectivity index (χ0v) is 16.8. The highest BCUT2D eigenvalue weighted by Gasteiger charge is 2.27. The lowest BCUT2D eigenvalue weighted by Crippen LogP contribution is -2.39. The minimum Gasteiger partial charge on any atom is -0.450 e. The van der Waals surface area contributed by atoms with E-state index in [1.54, 1.807) is 0 Å². The third-order valence-corrected chi connectivity index (χ3v) is 5.73. The van der Waals surface area contributed by atoms with E-state index in [0.29, 0.717) is 11.7 Å². The third-order valence-electron chi connectivity index (χ3n) is 5.73. The molecule has 0 atom stereocenters. The molecular weight excluding hydrogens is 360 g/mol. The van der Waals surface area contributed by atoms with Crippen molar-refractivity contribution in [1.29, 1.82) is 0 Å². The minimum atomic E-state index is 0. The quantitative estimate of drug-likeness (QED) is 0.701. The zero-order valence-electron chi connectivity index (χ0n) is 16.0. The molecule has 1 amide bonds. The lowest BCUT2D eigenvalue weighted by atomic mass is 9.93. The maximum Gasteiger partial charge on any atom is 0.289 e. The summed E-state index contributed by atoms with van der Waals surface area (Å²) in [4.78, 5) is 15.0. The molecular formula is C22H27ClN2O2. The van der Waals surface area contributed by atoms with E-state index in [-0.39, 0.29) is 18.3 Å². The molecule has 4 nitrogen and oxygen atoms in total. The lowest BCUT2D eigenvalue weighted by molar-refractivity contribution is 0.0656. The van der Waals surface area contributed by atoms with Gasteiger partial charge in [0, 0.05) is 29.4 Å². The van der Waals surface area contributed by atoms with Crippen LogP contribution in [0.1, 0.15) is 35.4 Å². The van der Waals surface area contributed by atoms with Crippen molar-refractivity contribution in [2.45, 2.75) is 26.2 Å². The van der Waals surface area contributed by atoms with Crippen molar-refractivity contribution in [2.24, 2.45) is 5.92 Å². The van der Waals surface area contributed by atoms with Gasteiger partial charge in [-0.05, 0) is 51.1 Å². The SMILES string of the molecule is CNCCC1CCN(C(=O)c2oc3c(ccc4ccccc43)c2C)CC1.Cl. The average Bonchev–Trinajstić information content (AvgIpc) is 3.03. The van der Waals surface area contributed by atoms with E-state index in [1.807, 2.05) is 31.0 Å². The number of benzene rings is 2. The Morgan fingerprint density at radius 2 is 1.89 bits per heavy atom. The molecule has 1 saturated heterocycles. The Morgan fingerprint density at radius 3 is 2.63 bits per heavy atom. The second-order valence-corrected chi connectivity index (χ2v) is 7.35. The minimum absolute atomic E-state index is 0. The average molecular weight is 387 g/mol. The zero-order chi connectivity index (χ0) is 18.1. The maximum atomic E-state index is 13.1. The first-order valence-electron chi connectivity index (χ1n) is 9.53. The van der Waals surface area contributed by atoms with Gasteiger partial charge in [-0.3, -0.25) is 4.79 Å². The fraction of sp³-hybridized carbons (Fsp3) is 0.409. The molecule has 2 aromatic carbocycles. The van der Waals surface area contributed by atoms with Crippen molar-refractivity contribution in [3.05, 3.63) is 47.7 Å². The van der Waals surface area contributed by atoms with Gasteiger partial charge in [-0.2, -0.15) is 0 Å². The largest absolute Gasteiger partial charge is 0.450 e. The van der Waals surface area contributed by atoms with Gasteiger partial charge in [0.15, 0.2) is 5.76 Å². The number of aryl methyl sites for hydroxylation is 1. The number of fused-ring (bicyclic) bond motifs is 3. The predicted octanol–water partition coefficient (Wildman–Crippen LogP) is 4.78. The van der Waals surface area contributed by atoms with E-state index in [1.165, 1.54) is 6.42 Å². The number of likely N-dealkylation sites (tertiary alicyclic amines) is 1. The van der Waals surface area contributed by atoms with Gasteiger partial charge in [0.25, 0.3) is 5.91 Å². The first-order valence-corrected chi connectivity index (χ1v) is 9.53. The highest BCUT2D eigenvalue weighted by Crippen LogP contribution is 2.33. The summed E-state index contributed by atoms with van der Waals surface area (Å²) >= 11 is 0. The number of halogens is 1. The molecule has 0 radical (unpaired) electrons. The van der Waals surface area contributed by atoms with Gasteiger partial charge in [-0.15, -0.1) is 12.4 Å². The number of carbonyl (C=O) groups is 1. The fourth-order valence-electron chi connectivity index (χ4n) is 4.07. The maximum absolute atomic E-state index is 13.1. The molecule has 3 aromatic rings. The van der Waals surface area contributed by atoms with Gasteiger partial charge in [-0.25, -0.2) is 0 Å². The Morgan fingerprint density at radius 1 is 1.15 bits per heavy atom. The first-order chi connectivity index (χ1) is 12.7. The van der Waals surface area contributed by atoms with Crippen molar-refractivity contribution in [2.75, 3.05) is 26.7 Å². The van der Waals surface area contributed by atoms with E-state index < -0.39 is 0 Å². The number of furan rings is 1. The lowest BCUT2D eigenvalue weighted by Gasteiger charge is -2.31. The van der Waals surface area contributed by atoms with Crippen LogP contribution in [-0.4, -0.2) is 37.5 Å². The van der Waals surface area contributed by atoms with Crippen LogP contribution < -0.4 is 5.32 Å². The van der Waals surface area contributed by atoms with E-state index in [0.717, 1.165) is 59.8 Å². The molecule has 1 aromatic heterocycles. The predicted molar refractivity (Wildman–Crippen MR) is 113 cm³/mol. The number of amides is 1. The van der Waals surface area contributed by atoms with Crippen LogP contribution in [0, 0.1) is 12.8 Å². The molecule has 1 aliphatic heterocycles. The topological polar surface area (TPSA) is 45.5 Å². The molecule has 4 rings (SSSR count). The van der Waals surface area contributed by atoms with E-state index in [4.69, 9.17) is 4.42 Å². The molecule has 0 spiro atoms. The summed E-state index contributed by atoms with van der Waals surface area (Å²) < 4.78 is 6.12. The van der Waals surface area contributed by atoms with Crippen molar-refractivity contribution >= 4 is 40.1 Å². The van der Waals surface area contributed by atoms with E-state index in [9.17, 15) is 4.79 Å². The highest BCUT2D eigenvalue weighted by atomic mass is 35.5. The Balaban J connectivity index is 0.00000210. The number of hydrogen-bond acceptors (Lipinski definition) is 3. The first kappa shape index (κ1) is 19.7. The van der Waals surface area contributed by atoms with Gasteiger partial charge in [0.1, 0.15) is 5.58 Å². The number of carbonyl (C=O) groups excluding carboxylic acids is 1. The molecule has 0 saturated carbocycles. The molecule has 144 valence electrons. The third kappa shape index (κ3) is 3.69. The van der Waals surface area contributed by atoms with Crippen LogP contribution in [0.15, 0.2) is 40.8 Å². The molecule has 1 fully saturated rings. The number of hydrogen-bond donors (Lipinski definition) is 1. The van der Waals surface area contributed by atoms with Gasteiger partial charge in [0.05, 0.1) is 0 Å². The van der Waals surface area contributed by atoms with Crippen LogP contribution in [0.2, 0.25) is 0 Å². The highest BCUT2D eigenvalue weighted by molar-refractivity contribution is 6.08. The smallest absolute Gasteiger partial charge is 0.289 e. The Hall–Kier alpha value is -2.04. The Labute approximate surface area is 166 Å². The van der Waals surface area contributed by atoms with Crippen molar-refractivity contribution in [1.82, 2.24) is 10.2 Å². The number of piperidine rings is 1. The molecule has 27 heavy (non-hydrogen) atoms. The summed E-state index contributed by atoms with van der Waals surface area (Å²) in [7, 11) is 1.99. The summed E-state index contributed by atoms with van der Waals surface area (Å²) in [5.74, 6) is 1.26. The standard InChI is InChI=1S/C22H26N2O2.ClH/c1-15-18-8-7-17-5-3-4-6-19(17)21(18)26-20(15)22(25)24-13-10-16(11-14-24)9-12-23-2;/h3-8,16,23H,9-14H2,1-2H3;1H. The van der Waals surface area contributed by atoms with Gasteiger partial charge >= 0.3 is 0 Å². The monoisotopic (exact) mass is 386 g/mol. The normalized spacial score (nSPS) is 15.3. The Bertz CT molecular complexity index is 942. The van der Waals surface area contributed by atoms with Crippen LogP contribution in [0.3, 0.4) is 0 Å². The van der Waals surface area contributed by atoms with Gasteiger partial charge in [-0.1, -0.05) is 36.4 Å². The summed E-state index contributed by atoms with van der Waals surface area (Å²) in [5, 5.41) is 6.46. The molecule has 5 heteroatoms. The Kier molecular flexibility index (Phi) is 6.08. The van der Waals surface area contributed by atoms with Crippen LogP contribution in [-0.2, 0) is 0 Å². The van der Waals surface area contributed by atoms with Crippen molar-refractivity contribution in [3.8, 4) is 0 Å². The summed E-state index contributed by atoms with van der Waals surface area (Å²) in [5.41, 5.74) is 1.78. The van der Waals surface area contributed by atoms with Crippen LogP contribution in [0.25, 0.3) is 21.7 Å². The van der Waals surface area contributed by atoms with Crippen molar-refractivity contribution < 1.29 is 9.21 Å². The number of nitrogens with zero attached hydrogens (tertiary/aromatic N) is 1. The molecule has 2 heterocycles. The second kappa shape index (κ2) is 8.32. The molecule has 1 aliphatic rings. The van der Waals surface area contributed by atoms with Crippen LogP contribution in [0.4, 0.5) is 0 Å². The van der Waals surface area contributed by atoms with Gasteiger partial charge in [0.2, 0.25) is 0 Å². The van der Waals surface area contributed by atoms with E-state index >= 15 is 0 Å². The summed E-state index contributed by atoms with van der Waals surface area (Å²) in [6.07, 6.45) is 3.35. The fourth-order valence-corrected chi connectivity index (χ4v) is 4.07. The van der Waals surface area contributed by atoms with Crippen molar-refractivity contribution in [3.63, 3.8) is 0 Å².